The molecule has 1 aromatic heterocycles. The van der Waals surface area contributed by atoms with Crippen molar-refractivity contribution in [2.24, 2.45) is 0 Å². The summed E-state index contributed by atoms with van der Waals surface area (Å²) in [4.78, 5) is 15.0. The first-order chi connectivity index (χ1) is 8.15. The lowest BCUT2D eigenvalue weighted by molar-refractivity contribution is -0.132. The normalized spacial score (nSPS) is 13.4. The Morgan fingerprint density at radius 3 is 2.88 bits per heavy atom. The molecule has 0 spiro atoms. The molecule has 0 aliphatic rings. The molecule has 0 saturated carbocycles. The number of carboxylic acid groups (broad SMARTS) is 1. The van der Waals surface area contributed by atoms with Crippen molar-refractivity contribution in [3.8, 4) is 0 Å². The van der Waals surface area contributed by atoms with Crippen molar-refractivity contribution >= 4 is 5.97 Å². The first kappa shape index (κ1) is 13.4. The molecule has 0 amide bonds. The van der Waals surface area contributed by atoms with Gasteiger partial charge in [-0.05, 0) is 25.5 Å². The molecule has 1 aromatic rings. The molecule has 4 nitrogen and oxygen atoms in total. The van der Waals surface area contributed by atoms with Crippen LogP contribution >= 0.6 is 0 Å². The van der Waals surface area contributed by atoms with Gasteiger partial charge >= 0.3 is 5.97 Å². The molecule has 0 aliphatic heterocycles. The average molecular weight is 234 g/mol. The van der Waals surface area contributed by atoms with E-state index in [1.54, 1.807) is 12.3 Å². The molecule has 0 bridgehead atoms. The van der Waals surface area contributed by atoms with E-state index in [-0.39, 0.29) is 6.04 Å². The summed E-state index contributed by atoms with van der Waals surface area (Å²) in [5.41, 5.74) is 1.39. The highest BCUT2D eigenvalue weighted by Gasteiger charge is 2.06. The number of carbonyl (C=O) groups is 1. The number of rotatable bonds is 6. The number of aromatic nitrogens is 1. The molecule has 0 radical (unpaired) electrons. The van der Waals surface area contributed by atoms with Gasteiger partial charge < -0.3 is 10.4 Å². The minimum Gasteiger partial charge on any atom is -0.478 e. The van der Waals surface area contributed by atoms with E-state index in [9.17, 15) is 4.79 Å². The van der Waals surface area contributed by atoms with Gasteiger partial charge in [-0.25, -0.2) is 4.79 Å². The van der Waals surface area contributed by atoms with Crippen molar-refractivity contribution in [1.82, 2.24) is 10.3 Å². The number of carboxylic acids is 1. The standard InChI is InChI=1S/C13H18N2O2/c1-3-11(13(16)17)7-9-14-10(2)12-6-4-5-8-15-12/h4-8,10,14H,3,9H2,1-2H3,(H,16,17)/b11-7-. The Morgan fingerprint density at radius 1 is 1.59 bits per heavy atom. The molecule has 0 fully saturated rings. The molecule has 1 unspecified atom stereocenters. The predicted octanol–water partition coefficient (Wildman–Crippen LogP) is 2.15. The van der Waals surface area contributed by atoms with E-state index in [4.69, 9.17) is 5.11 Å². The Labute approximate surface area is 101 Å². The van der Waals surface area contributed by atoms with Crippen LogP contribution < -0.4 is 5.32 Å². The number of hydrogen-bond acceptors (Lipinski definition) is 3. The second-order valence-electron chi connectivity index (χ2n) is 3.77. The van der Waals surface area contributed by atoms with Gasteiger partial charge in [0.15, 0.2) is 0 Å². The first-order valence-electron chi connectivity index (χ1n) is 5.71. The van der Waals surface area contributed by atoms with E-state index < -0.39 is 5.97 Å². The summed E-state index contributed by atoms with van der Waals surface area (Å²) in [5, 5.41) is 12.1. The zero-order chi connectivity index (χ0) is 12.7. The van der Waals surface area contributed by atoms with Gasteiger partial charge in [0.05, 0.1) is 5.69 Å². The fraction of sp³-hybridized carbons (Fsp3) is 0.385. The van der Waals surface area contributed by atoms with Gasteiger partial charge in [0, 0.05) is 24.4 Å². The third kappa shape index (κ3) is 4.36. The van der Waals surface area contributed by atoms with Crippen molar-refractivity contribution in [1.29, 1.82) is 0 Å². The Morgan fingerprint density at radius 2 is 2.35 bits per heavy atom. The van der Waals surface area contributed by atoms with E-state index in [1.807, 2.05) is 32.0 Å². The molecule has 17 heavy (non-hydrogen) atoms. The van der Waals surface area contributed by atoms with Crippen LogP contribution in [0.4, 0.5) is 0 Å². The molecule has 92 valence electrons. The van der Waals surface area contributed by atoms with Crippen LogP contribution in [0.1, 0.15) is 32.0 Å². The van der Waals surface area contributed by atoms with Gasteiger partial charge in [0.25, 0.3) is 0 Å². The van der Waals surface area contributed by atoms with Crippen LogP contribution in [0, 0.1) is 0 Å². The van der Waals surface area contributed by atoms with Crippen LogP contribution in [0.3, 0.4) is 0 Å². The highest BCUT2D eigenvalue weighted by molar-refractivity contribution is 5.86. The molecule has 2 N–H and O–H groups in total. The Kier molecular flexibility index (Phi) is 5.36. The van der Waals surface area contributed by atoms with Crippen LogP contribution in [0.5, 0.6) is 0 Å². The summed E-state index contributed by atoms with van der Waals surface area (Å²) in [6.07, 6.45) is 3.99. The number of pyridine rings is 1. The predicted molar refractivity (Wildman–Crippen MR) is 66.7 cm³/mol. The third-order valence-electron chi connectivity index (χ3n) is 2.56. The van der Waals surface area contributed by atoms with Gasteiger partial charge in [0.1, 0.15) is 0 Å². The maximum absolute atomic E-state index is 10.8. The van der Waals surface area contributed by atoms with Gasteiger partial charge in [-0.15, -0.1) is 0 Å². The van der Waals surface area contributed by atoms with Gasteiger partial charge in [-0.3, -0.25) is 4.98 Å². The van der Waals surface area contributed by atoms with Gasteiger partial charge in [-0.2, -0.15) is 0 Å². The highest BCUT2D eigenvalue weighted by Crippen LogP contribution is 2.07. The molecule has 0 aliphatic carbocycles. The fourth-order valence-electron chi connectivity index (χ4n) is 1.48. The molecule has 1 rings (SSSR count). The summed E-state index contributed by atoms with van der Waals surface area (Å²) in [6, 6.07) is 5.86. The molecular weight excluding hydrogens is 216 g/mol. The lowest BCUT2D eigenvalue weighted by Gasteiger charge is -2.11. The lowest BCUT2D eigenvalue weighted by Crippen LogP contribution is -2.20. The maximum atomic E-state index is 10.8. The number of nitrogens with one attached hydrogen (secondary N) is 1. The largest absolute Gasteiger partial charge is 0.478 e. The maximum Gasteiger partial charge on any atom is 0.331 e. The Bertz CT molecular complexity index is 388. The van der Waals surface area contributed by atoms with E-state index >= 15 is 0 Å². The van der Waals surface area contributed by atoms with Gasteiger partial charge in [0.2, 0.25) is 0 Å². The van der Waals surface area contributed by atoms with E-state index in [2.05, 4.69) is 10.3 Å². The topological polar surface area (TPSA) is 62.2 Å². The fourth-order valence-corrected chi connectivity index (χ4v) is 1.48. The van der Waals surface area contributed by atoms with Crippen LogP contribution in [0.2, 0.25) is 0 Å². The van der Waals surface area contributed by atoms with Crippen molar-refractivity contribution < 1.29 is 9.90 Å². The minimum absolute atomic E-state index is 0.111. The second kappa shape index (κ2) is 6.81. The minimum atomic E-state index is -0.847. The third-order valence-corrected chi connectivity index (χ3v) is 2.56. The zero-order valence-corrected chi connectivity index (χ0v) is 10.2. The molecule has 1 atom stereocenters. The van der Waals surface area contributed by atoms with Crippen molar-refractivity contribution in [3.63, 3.8) is 0 Å². The van der Waals surface area contributed by atoms with Crippen LogP contribution in [-0.4, -0.2) is 22.6 Å². The van der Waals surface area contributed by atoms with Crippen LogP contribution in [-0.2, 0) is 4.79 Å². The van der Waals surface area contributed by atoms with Crippen LogP contribution in [0.15, 0.2) is 36.0 Å². The summed E-state index contributed by atoms with van der Waals surface area (Å²) < 4.78 is 0. The Balaban J connectivity index is 2.49. The second-order valence-corrected chi connectivity index (χ2v) is 3.77. The quantitative estimate of drug-likeness (QED) is 0.740. The molecular formula is C13H18N2O2. The van der Waals surface area contributed by atoms with Gasteiger partial charge in [-0.1, -0.05) is 19.1 Å². The molecule has 0 aromatic carbocycles. The van der Waals surface area contributed by atoms with Crippen molar-refractivity contribution in [2.75, 3.05) is 6.54 Å². The van der Waals surface area contributed by atoms with E-state index in [1.165, 1.54) is 0 Å². The monoisotopic (exact) mass is 234 g/mol. The molecule has 0 saturated heterocycles. The van der Waals surface area contributed by atoms with Crippen LogP contribution in [0.25, 0.3) is 0 Å². The Hall–Kier alpha value is -1.68. The van der Waals surface area contributed by atoms with Crippen molar-refractivity contribution in [3.05, 3.63) is 41.7 Å². The highest BCUT2D eigenvalue weighted by atomic mass is 16.4. The summed E-state index contributed by atoms with van der Waals surface area (Å²) in [5.74, 6) is -0.847. The smallest absolute Gasteiger partial charge is 0.331 e. The average Bonchev–Trinajstić information content (AvgIpc) is 2.35. The summed E-state index contributed by atoms with van der Waals surface area (Å²) in [6.45, 7) is 4.37. The zero-order valence-electron chi connectivity index (χ0n) is 10.2. The number of nitrogens with zero attached hydrogens (tertiary/aromatic N) is 1. The summed E-state index contributed by atoms with van der Waals surface area (Å²) in [7, 11) is 0. The molecule has 1 heterocycles. The lowest BCUT2D eigenvalue weighted by atomic mass is 10.2. The van der Waals surface area contributed by atoms with E-state index in [0.717, 1.165) is 5.69 Å². The first-order valence-corrected chi connectivity index (χ1v) is 5.71. The number of hydrogen-bond donors (Lipinski definition) is 2. The van der Waals surface area contributed by atoms with E-state index in [0.29, 0.717) is 18.5 Å². The number of aliphatic carboxylic acids is 1. The van der Waals surface area contributed by atoms with Crippen molar-refractivity contribution in [2.45, 2.75) is 26.3 Å². The SMILES string of the molecule is CC/C(=C/CNC(C)c1ccccn1)C(=O)O. The molecule has 4 heteroatoms. The summed E-state index contributed by atoms with van der Waals surface area (Å²) >= 11 is 0.